The van der Waals surface area contributed by atoms with Gasteiger partial charge in [-0.15, -0.1) is 0 Å². The second-order valence-corrected chi connectivity index (χ2v) is 3.70. The highest BCUT2D eigenvalue weighted by molar-refractivity contribution is 5.35. The van der Waals surface area contributed by atoms with Gasteiger partial charge < -0.3 is 0 Å². The van der Waals surface area contributed by atoms with Gasteiger partial charge in [-0.05, 0) is 31.6 Å². The molecule has 1 rings (SSSR count). The number of hydrogen-bond acceptors (Lipinski definition) is 0. The van der Waals surface area contributed by atoms with E-state index in [0.29, 0.717) is 5.41 Å². The van der Waals surface area contributed by atoms with Crippen LogP contribution in [0.2, 0.25) is 0 Å². The molecule has 0 aromatic carbocycles. The fourth-order valence-electron chi connectivity index (χ4n) is 1.56. The second-order valence-electron chi connectivity index (χ2n) is 3.70. The first kappa shape index (κ1) is 7.84. The van der Waals surface area contributed by atoms with Crippen LogP contribution in [0.1, 0.15) is 47.0 Å². The van der Waals surface area contributed by atoms with Crippen LogP contribution in [0.15, 0.2) is 11.1 Å². The summed E-state index contributed by atoms with van der Waals surface area (Å²) in [5.74, 6) is 0. The molecule has 0 amide bonds. The van der Waals surface area contributed by atoms with Gasteiger partial charge in [0.15, 0.2) is 0 Å². The van der Waals surface area contributed by atoms with E-state index in [1.165, 1.54) is 19.3 Å². The molecule has 0 saturated heterocycles. The average Bonchev–Trinajstić information content (AvgIpc) is 2.62. The number of allylic oxidation sites excluding steroid dienone is 2. The Morgan fingerprint density at radius 3 is 2.40 bits per heavy atom. The zero-order valence-corrected chi connectivity index (χ0v) is 7.62. The quantitative estimate of drug-likeness (QED) is 0.512. The van der Waals surface area contributed by atoms with Crippen LogP contribution in [0.25, 0.3) is 0 Å². The van der Waals surface area contributed by atoms with Gasteiger partial charge in [0.05, 0.1) is 0 Å². The maximum absolute atomic E-state index is 2.38. The Bertz CT molecular complexity index is 165. The lowest BCUT2D eigenvalue weighted by molar-refractivity contribution is 0.577. The van der Waals surface area contributed by atoms with Gasteiger partial charge in [-0.2, -0.15) is 0 Å². The van der Waals surface area contributed by atoms with Crippen molar-refractivity contribution in [1.29, 1.82) is 0 Å². The van der Waals surface area contributed by atoms with E-state index in [1.54, 1.807) is 11.1 Å². The van der Waals surface area contributed by atoms with Gasteiger partial charge >= 0.3 is 0 Å². The molecule has 0 bridgehead atoms. The monoisotopic (exact) mass is 138 g/mol. The van der Waals surface area contributed by atoms with Crippen molar-refractivity contribution in [2.45, 2.75) is 47.0 Å². The van der Waals surface area contributed by atoms with E-state index < -0.39 is 0 Å². The normalized spacial score (nSPS) is 36.0. The van der Waals surface area contributed by atoms with Crippen molar-refractivity contribution in [2.75, 3.05) is 0 Å². The average molecular weight is 138 g/mol. The minimum absolute atomic E-state index is 0.611. The fourth-order valence-corrected chi connectivity index (χ4v) is 1.56. The Kier molecular flexibility index (Phi) is 1.89. The molecule has 1 fully saturated rings. The Balaban J connectivity index is 2.66. The van der Waals surface area contributed by atoms with Crippen LogP contribution in [0.4, 0.5) is 0 Å². The molecule has 0 aromatic rings. The summed E-state index contributed by atoms with van der Waals surface area (Å²) in [5.41, 5.74) is 3.97. The number of rotatable bonds is 2. The zero-order valence-electron chi connectivity index (χ0n) is 7.62. The molecule has 1 aliphatic rings. The summed E-state index contributed by atoms with van der Waals surface area (Å²) in [4.78, 5) is 0. The van der Waals surface area contributed by atoms with E-state index in [4.69, 9.17) is 0 Å². The van der Waals surface area contributed by atoms with Crippen LogP contribution < -0.4 is 0 Å². The van der Waals surface area contributed by atoms with Crippen molar-refractivity contribution in [3.63, 3.8) is 0 Å². The molecule has 1 saturated carbocycles. The van der Waals surface area contributed by atoms with E-state index >= 15 is 0 Å². The van der Waals surface area contributed by atoms with Crippen LogP contribution in [0, 0.1) is 5.41 Å². The summed E-state index contributed by atoms with van der Waals surface area (Å²) in [6.45, 7) is 9.18. The van der Waals surface area contributed by atoms with E-state index in [1.807, 2.05) is 0 Å². The summed E-state index contributed by atoms with van der Waals surface area (Å²) in [7, 11) is 0. The molecule has 0 heteroatoms. The van der Waals surface area contributed by atoms with Gasteiger partial charge in [-0.3, -0.25) is 0 Å². The van der Waals surface area contributed by atoms with Gasteiger partial charge in [0.2, 0.25) is 0 Å². The molecule has 58 valence electrons. The third-order valence-electron chi connectivity index (χ3n) is 3.00. The van der Waals surface area contributed by atoms with E-state index in [0.717, 1.165) is 0 Å². The van der Waals surface area contributed by atoms with Crippen LogP contribution in [0.5, 0.6) is 0 Å². The maximum atomic E-state index is 2.38. The lowest BCUT2D eigenvalue weighted by Crippen LogP contribution is -1.89. The van der Waals surface area contributed by atoms with Crippen molar-refractivity contribution < 1.29 is 0 Å². The Morgan fingerprint density at radius 1 is 1.50 bits per heavy atom. The number of hydrogen-bond donors (Lipinski definition) is 0. The molecule has 0 spiro atoms. The molecule has 0 nitrogen and oxygen atoms in total. The SMILES string of the molecule is CC/C(C)=C1\CC1(C)CC. The van der Waals surface area contributed by atoms with Crippen molar-refractivity contribution in [3.8, 4) is 0 Å². The molecule has 10 heavy (non-hydrogen) atoms. The smallest absolute Gasteiger partial charge is 0.00787 e. The molecule has 1 atom stereocenters. The van der Waals surface area contributed by atoms with Gasteiger partial charge in [0.1, 0.15) is 0 Å². The fraction of sp³-hybridized carbons (Fsp3) is 0.800. The van der Waals surface area contributed by atoms with Crippen LogP contribution in [-0.4, -0.2) is 0 Å². The summed E-state index contributed by atoms with van der Waals surface area (Å²) >= 11 is 0. The van der Waals surface area contributed by atoms with Crippen molar-refractivity contribution in [3.05, 3.63) is 11.1 Å². The minimum Gasteiger partial charge on any atom is -0.0738 e. The maximum Gasteiger partial charge on any atom is -0.00787 e. The van der Waals surface area contributed by atoms with Crippen LogP contribution >= 0.6 is 0 Å². The Hall–Kier alpha value is -0.260. The van der Waals surface area contributed by atoms with Crippen molar-refractivity contribution in [2.24, 2.45) is 5.41 Å². The third-order valence-corrected chi connectivity index (χ3v) is 3.00. The molecule has 0 aliphatic heterocycles. The first-order valence-electron chi connectivity index (χ1n) is 4.33. The highest BCUT2D eigenvalue weighted by Gasteiger charge is 2.42. The highest BCUT2D eigenvalue weighted by Crippen LogP contribution is 2.56. The third kappa shape index (κ3) is 1.12. The topological polar surface area (TPSA) is 0 Å². The van der Waals surface area contributed by atoms with Crippen molar-refractivity contribution in [1.82, 2.24) is 0 Å². The zero-order chi connectivity index (χ0) is 7.78. The highest BCUT2D eigenvalue weighted by atomic mass is 14.5. The molecule has 1 aliphatic carbocycles. The first-order chi connectivity index (χ1) is 4.64. The summed E-state index contributed by atoms with van der Waals surface area (Å²) < 4.78 is 0. The molecular weight excluding hydrogens is 120 g/mol. The molecule has 0 aromatic heterocycles. The molecule has 0 heterocycles. The summed E-state index contributed by atoms with van der Waals surface area (Å²) in [6.07, 6.45) is 3.92. The minimum atomic E-state index is 0.611. The summed E-state index contributed by atoms with van der Waals surface area (Å²) in [6, 6.07) is 0. The van der Waals surface area contributed by atoms with Gasteiger partial charge in [0.25, 0.3) is 0 Å². The lowest BCUT2D eigenvalue weighted by Gasteiger charge is -2.02. The lowest BCUT2D eigenvalue weighted by atomic mass is 10.0. The predicted molar refractivity (Wildman–Crippen MR) is 46.0 cm³/mol. The van der Waals surface area contributed by atoms with Gasteiger partial charge in [0, 0.05) is 0 Å². The molecule has 0 radical (unpaired) electrons. The second kappa shape index (κ2) is 2.41. The van der Waals surface area contributed by atoms with Crippen LogP contribution in [0.3, 0.4) is 0 Å². The van der Waals surface area contributed by atoms with E-state index in [-0.39, 0.29) is 0 Å². The van der Waals surface area contributed by atoms with E-state index in [9.17, 15) is 0 Å². The molecular formula is C10H18. The largest absolute Gasteiger partial charge is 0.0738 e. The Morgan fingerprint density at radius 2 is 2.10 bits per heavy atom. The Labute approximate surface area is 64.3 Å². The molecule has 0 N–H and O–H groups in total. The van der Waals surface area contributed by atoms with Gasteiger partial charge in [-0.25, -0.2) is 0 Å². The standard InChI is InChI=1S/C10H18/c1-5-8(3)9-7-10(9,4)6-2/h5-7H2,1-4H3/b9-8+. The molecule has 1 unspecified atom stereocenters. The first-order valence-corrected chi connectivity index (χ1v) is 4.33. The van der Waals surface area contributed by atoms with Crippen LogP contribution in [-0.2, 0) is 0 Å². The summed E-state index contributed by atoms with van der Waals surface area (Å²) in [5, 5.41) is 0. The van der Waals surface area contributed by atoms with Crippen molar-refractivity contribution >= 4 is 0 Å². The predicted octanol–water partition coefficient (Wildman–Crippen LogP) is 3.53. The van der Waals surface area contributed by atoms with E-state index in [2.05, 4.69) is 27.7 Å². The van der Waals surface area contributed by atoms with Gasteiger partial charge in [-0.1, -0.05) is 31.9 Å².